The highest BCUT2D eigenvalue weighted by atomic mass is 16.5. The van der Waals surface area contributed by atoms with Crippen molar-refractivity contribution >= 4 is 5.91 Å². The van der Waals surface area contributed by atoms with Gasteiger partial charge in [0.15, 0.2) is 0 Å². The average Bonchev–Trinajstić information content (AvgIpc) is 2.91. The molecular formula is C18H28N2O3. The maximum atomic E-state index is 12.0. The van der Waals surface area contributed by atoms with Gasteiger partial charge in [-0.05, 0) is 44.6 Å². The lowest BCUT2D eigenvalue weighted by Crippen LogP contribution is -2.34. The molecule has 0 bridgehead atoms. The van der Waals surface area contributed by atoms with Gasteiger partial charge in [-0.1, -0.05) is 25.0 Å². The normalized spacial score (nSPS) is 16.5. The van der Waals surface area contributed by atoms with E-state index in [0.717, 1.165) is 43.5 Å². The van der Waals surface area contributed by atoms with E-state index in [1.165, 1.54) is 0 Å². The van der Waals surface area contributed by atoms with Crippen LogP contribution < -0.4 is 10.1 Å². The molecule has 1 aromatic rings. The Labute approximate surface area is 138 Å². The maximum Gasteiger partial charge on any atom is 0.223 e. The van der Waals surface area contributed by atoms with Crippen LogP contribution in [0.4, 0.5) is 0 Å². The van der Waals surface area contributed by atoms with Crippen LogP contribution >= 0.6 is 0 Å². The molecule has 1 amide bonds. The van der Waals surface area contributed by atoms with Crippen LogP contribution in [0.5, 0.6) is 5.75 Å². The molecule has 128 valence electrons. The number of benzene rings is 1. The first-order chi connectivity index (χ1) is 11.0. The van der Waals surface area contributed by atoms with Crippen LogP contribution in [-0.4, -0.2) is 48.8 Å². The molecule has 0 aliphatic heterocycles. The lowest BCUT2D eigenvalue weighted by molar-refractivity contribution is -0.126. The standard InChI is InChI=1S/C18H28N2O3/c1-20(2)10-11-23-16-7-5-6-15(12-16)14-19-17(21)13-18(22)8-3-4-9-18/h5-7,12,22H,3-4,8-11,13-14H2,1-2H3,(H,19,21). The Hall–Kier alpha value is -1.59. The van der Waals surface area contributed by atoms with Gasteiger partial charge in [-0.15, -0.1) is 0 Å². The fourth-order valence-electron chi connectivity index (χ4n) is 2.86. The second-order valence-corrected chi connectivity index (χ2v) is 6.68. The number of rotatable bonds is 8. The van der Waals surface area contributed by atoms with Crippen molar-refractivity contribution in [3.8, 4) is 5.75 Å². The minimum Gasteiger partial charge on any atom is -0.492 e. The molecule has 0 radical (unpaired) electrons. The summed E-state index contributed by atoms with van der Waals surface area (Å²) in [4.78, 5) is 14.1. The van der Waals surface area contributed by atoms with Crippen LogP contribution in [0.15, 0.2) is 24.3 Å². The van der Waals surface area contributed by atoms with Crippen LogP contribution in [0.3, 0.4) is 0 Å². The summed E-state index contributed by atoms with van der Waals surface area (Å²) in [5, 5.41) is 13.1. The fraction of sp³-hybridized carbons (Fsp3) is 0.611. The van der Waals surface area contributed by atoms with Crippen LogP contribution in [0.2, 0.25) is 0 Å². The van der Waals surface area contributed by atoms with Crippen LogP contribution in [0.1, 0.15) is 37.7 Å². The summed E-state index contributed by atoms with van der Waals surface area (Å²) < 4.78 is 5.69. The molecule has 23 heavy (non-hydrogen) atoms. The third-order valence-corrected chi connectivity index (χ3v) is 4.22. The van der Waals surface area contributed by atoms with Crippen LogP contribution in [0.25, 0.3) is 0 Å². The summed E-state index contributed by atoms with van der Waals surface area (Å²) >= 11 is 0. The molecule has 1 aliphatic rings. The SMILES string of the molecule is CN(C)CCOc1cccc(CNC(=O)CC2(O)CCCC2)c1. The Morgan fingerprint density at radius 1 is 1.35 bits per heavy atom. The summed E-state index contributed by atoms with van der Waals surface area (Å²) in [6.45, 7) is 1.95. The van der Waals surface area contributed by atoms with E-state index in [9.17, 15) is 9.90 Å². The van der Waals surface area contributed by atoms with Crippen molar-refractivity contribution in [3.63, 3.8) is 0 Å². The van der Waals surface area contributed by atoms with E-state index in [2.05, 4.69) is 10.2 Å². The first-order valence-electron chi connectivity index (χ1n) is 8.32. The zero-order chi connectivity index (χ0) is 16.7. The second-order valence-electron chi connectivity index (χ2n) is 6.68. The summed E-state index contributed by atoms with van der Waals surface area (Å²) in [6.07, 6.45) is 3.68. The van der Waals surface area contributed by atoms with Crippen molar-refractivity contribution < 1.29 is 14.6 Å². The number of hydrogen-bond donors (Lipinski definition) is 2. The highest BCUT2D eigenvalue weighted by Gasteiger charge is 2.33. The molecule has 1 fully saturated rings. The predicted octanol–water partition coefficient (Wildman–Crippen LogP) is 1.94. The van der Waals surface area contributed by atoms with Gasteiger partial charge in [-0.2, -0.15) is 0 Å². The van der Waals surface area contributed by atoms with Gasteiger partial charge in [-0.25, -0.2) is 0 Å². The summed E-state index contributed by atoms with van der Waals surface area (Å²) in [7, 11) is 4.02. The van der Waals surface area contributed by atoms with Crippen molar-refractivity contribution in [2.24, 2.45) is 0 Å². The Bertz CT molecular complexity index is 511. The monoisotopic (exact) mass is 320 g/mol. The minimum absolute atomic E-state index is 0.0895. The van der Waals surface area contributed by atoms with Crippen molar-refractivity contribution in [3.05, 3.63) is 29.8 Å². The molecule has 0 aromatic heterocycles. The molecule has 2 N–H and O–H groups in total. The largest absolute Gasteiger partial charge is 0.492 e. The third-order valence-electron chi connectivity index (χ3n) is 4.22. The van der Waals surface area contributed by atoms with Gasteiger partial charge < -0.3 is 20.1 Å². The zero-order valence-corrected chi connectivity index (χ0v) is 14.2. The Morgan fingerprint density at radius 3 is 2.78 bits per heavy atom. The molecular weight excluding hydrogens is 292 g/mol. The molecule has 1 saturated carbocycles. The van der Waals surface area contributed by atoms with Gasteiger partial charge in [0.05, 0.1) is 12.0 Å². The van der Waals surface area contributed by atoms with E-state index in [4.69, 9.17) is 4.74 Å². The molecule has 0 atom stereocenters. The van der Waals surface area contributed by atoms with Gasteiger partial charge >= 0.3 is 0 Å². The molecule has 2 rings (SSSR count). The lowest BCUT2D eigenvalue weighted by Gasteiger charge is -2.21. The van der Waals surface area contributed by atoms with E-state index in [-0.39, 0.29) is 12.3 Å². The zero-order valence-electron chi connectivity index (χ0n) is 14.2. The number of nitrogens with one attached hydrogen (secondary N) is 1. The lowest BCUT2D eigenvalue weighted by atomic mass is 9.97. The summed E-state index contributed by atoms with van der Waals surface area (Å²) in [6, 6.07) is 7.75. The topological polar surface area (TPSA) is 61.8 Å². The number of amides is 1. The molecule has 5 heteroatoms. The quantitative estimate of drug-likeness (QED) is 0.768. The molecule has 1 aromatic carbocycles. The van der Waals surface area contributed by atoms with Crippen molar-refractivity contribution in [1.82, 2.24) is 10.2 Å². The number of likely N-dealkylation sites (N-methyl/N-ethyl adjacent to an activating group) is 1. The second kappa shape index (κ2) is 8.31. The fourth-order valence-corrected chi connectivity index (χ4v) is 2.86. The smallest absolute Gasteiger partial charge is 0.223 e. The van der Waals surface area contributed by atoms with E-state index >= 15 is 0 Å². The Morgan fingerprint density at radius 2 is 2.09 bits per heavy atom. The number of aliphatic hydroxyl groups is 1. The van der Waals surface area contributed by atoms with Gasteiger partial charge in [0.2, 0.25) is 5.91 Å². The molecule has 1 aliphatic carbocycles. The molecule has 5 nitrogen and oxygen atoms in total. The van der Waals surface area contributed by atoms with Gasteiger partial charge in [-0.3, -0.25) is 4.79 Å². The van der Waals surface area contributed by atoms with E-state index in [1.54, 1.807) is 0 Å². The van der Waals surface area contributed by atoms with Crippen molar-refractivity contribution in [2.75, 3.05) is 27.2 Å². The molecule has 0 saturated heterocycles. The van der Waals surface area contributed by atoms with E-state index in [0.29, 0.717) is 13.2 Å². The van der Waals surface area contributed by atoms with Gasteiger partial charge in [0.25, 0.3) is 0 Å². The highest BCUT2D eigenvalue weighted by molar-refractivity contribution is 5.77. The van der Waals surface area contributed by atoms with E-state index < -0.39 is 5.60 Å². The van der Waals surface area contributed by atoms with Crippen LogP contribution in [0, 0.1) is 0 Å². The van der Waals surface area contributed by atoms with Crippen molar-refractivity contribution in [2.45, 2.75) is 44.2 Å². The number of carbonyl (C=O) groups excluding carboxylic acids is 1. The van der Waals surface area contributed by atoms with Gasteiger partial charge in [0, 0.05) is 13.1 Å². The number of hydrogen-bond acceptors (Lipinski definition) is 4. The van der Waals surface area contributed by atoms with E-state index in [1.807, 2.05) is 38.4 Å². The first-order valence-corrected chi connectivity index (χ1v) is 8.32. The number of nitrogens with zero attached hydrogens (tertiary/aromatic N) is 1. The maximum absolute atomic E-state index is 12.0. The number of carbonyl (C=O) groups is 1. The summed E-state index contributed by atoms with van der Waals surface area (Å²) in [5.41, 5.74) is 0.209. The molecule has 0 unspecified atom stereocenters. The first kappa shape index (κ1) is 17.8. The average molecular weight is 320 g/mol. The van der Waals surface area contributed by atoms with Gasteiger partial charge in [0.1, 0.15) is 12.4 Å². The minimum atomic E-state index is -0.790. The highest BCUT2D eigenvalue weighted by Crippen LogP contribution is 2.32. The molecule has 0 heterocycles. The number of ether oxygens (including phenoxy) is 1. The summed E-state index contributed by atoms with van der Waals surface area (Å²) in [5.74, 6) is 0.723. The third kappa shape index (κ3) is 6.20. The van der Waals surface area contributed by atoms with Crippen molar-refractivity contribution in [1.29, 1.82) is 0 Å². The molecule has 0 spiro atoms. The van der Waals surface area contributed by atoms with Crippen LogP contribution in [-0.2, 0) is 11.3 Å². The Balaban J connectivity index is 1.77. The Kier molecular flexibility index (Phi) is 6.42. The predicted molar refractivity (Wildman–Crippen MR) is 90.4 cm³/mol.